The van der Waals surface area contributed by atoms with Crippen molar-refractivity contribution in [2.75, 3.05) is 20.8 Å². The van der Waals surface area contributed by atoms with Gasteiger partial charge in [0.05, 0.1) is 26.3 Å². The molecule has 0 saturated heterocycles. The summed E-state index contributed by atoms with van der Waals surface area (Å²) in [6.07, 6.45) is -0.148. The molecule has 5 aromatic rings. The first-order chi connectivity index (χ1) is 18.1. The maximum absolute atomic E-state index is 11.5. The Morgan fingerprint density at radius 2 is 1.62 bits per heavy atom. The standard InChI is InChI=1S/C30H27NO6/c1-34-20-15-16-26(35-2)25(18-20)23-12-6-11-22-24(29(31-28(22)23)37-30(32)33)13-7-17-36-27-14-5-9-19-8-3-4-10-21(19)27/h3-6,8-12,14-16,18,31H,7,13,17H2,1-2H3,(H,32,33). The molecule has 0 atom stereocenters. The van der Waals surface area contributed by atoms with Crippen LogP contribution >= 0.6 is 0 Å². The molecule has 0 saturated carbocycles. The van der Waals surface area contributed by atoms with Crippen molar-refractivity contribution < 1.29 is 28.8 Å². The van der Waals surface area contributed by atoms with E-state index in [-0.39, 0.29) is 5.88 Å². The molecule has 0 aliphatic heterocycles. The van der Waals surface area contributed by atoms with E-state index in [1.54, 1.807) is 14.2 Å². The van der Waals surface area contributed by atoms with Gasteiger partial charge in [0.25, 0.3) is 0 Å². The Balaban J connectivity index is 1.45. The summed E-state index contributed by atoms with van der Waals surface area (Å²) in [6.45, 7) is 0.469. The lowest BCUT2D eigenvalue weighted by molar-refractivity contribution is 0.142. The summed E-state index contributed by atoms with van der Waals surface area (Å²) in [7, 11) is 3.22. The van der Waals surface area contributed by atoms with Crippen LogP contribution in [0.2, 0.25) is 0 Å². The second-order valence-corrected chi connectivity index (χ2v) is 8.52. The number of para-hydroxylation sites is 1. The van der Waals surface area contributed by atoms with E-state index < -0.39 is 6.16 Å². The summed E-state index contributed by atoms with van der Waals surface area (Å²) in [6, 6.07) is 25.5. The van der Waals surface area contributed by atoms with Gasteiger partial charge in [0, 0.05) is 27.5 Å². The highest BCUT2D eigenvalue weighted by Crippen LogP contribution is 2.40. The summed E-state index contributed by atoms with van der Waals surface area (Å²) in [5.41, 5.74) is 3.21. The SMILES string of the molecule is COc1ccc(OC)c(-c2cccc3c(CCCOc4cccc5ccccc45)c(OC(=O)O)[nH]c23)c1. The highest BCUT2D eigenvalue weighted by atomic mass is 16.7. The van der Waals surface area contributed by atoms with E-state index in [4.69, 9.17) is 18.9 Å². The fraction of sp³-hybridized carbons (Fsp3) is 0.167. The van der Waals surface area contributed by atoms with Crippen LogP contribution in [0.3, 0.4) is 0 Å². The van der Waals surface area contributed by atoms with Crippen molar-refractivity contribution in [1.29, 1.82) is 0 Å². The topological polar surface area (TPSA) is 90.0 Å². The molecule has 0 aliphatic rings. The zero-order chi connectivity index (χ0) is 25.8. The molecule has 1 aromatic heterocycles. The number of nitrogens with one attached hydrogen (secondary N) is 1. The molecule has 0 unspecified atom stereocenters. The maximum atomic E-state index is 11.5. The minimum Gasteiger partial charge on any atom is -0.497 e. The molecule has 0 bridgehead atoms. The Kier molecular flexibility index (Phi) is 6.85. The molecule has 0 spiro atoms. The van der Waals surface area contributed by atoms with E-state index in [9.17, 15) is 9.90 Å². The second-order valence-electron chi connectivity index (χ2n) is 8.52. The average molecular weight is 498 g/mol. The van der Waals surface area contributed by atoms with Crippen molar-refractivity contribution in [2.24, 2.45) is 0 Å². The predicted molar refractivity (Wildman–Crippen MR) is 143 cm³/mol. The summed E-state index contributed by atoms with van der Waals surface area (Å²) in [5.74, 6) is 2.40. The number of benzene rings is 4. The van der Waals surface area contributed by atoms with Gasteiger partial charge in [-0.15, -0.1) is 0 Å². The minimum atomic E-state index is -1.37. The van der Waals surface area contributed by atoms with Gasteiger partial charge >= 0.3 is 6.16 Å². The minimum absolute atomic E-state index is 0.210. The number of ether oxygens (including phenoxy) is 4. The second kappa shape index (κ2) is 10.5. The number of hydrogen-bond acceptors (Lipinski definition) is 5. The highest BCUT2D eigenvalue weighted by molar-refractivity contribution is 5.99. The third kappa shape index (κ3) is 4.89. The number of H-pyrrole nitrogens is 1. The van der Waals surface area contributed by atoms with Gasteiger partial charge in [-0.25, -0.2) is 4.79 Å². The van der Waals surface area contributed by atoms with Gasteiger partial charge in [-0.2, -0.15) is 0 Å². The first-order valence-corrected chi connectivity index (χ1v) is 12.0. The summed E-state index contributed by atoms with van der Waals surface area (Å²) >= 11 is 0. The van der Waals surface area contributed by atoms with E-state index in [2.05, 4.69) is 17.1 Å². The average Bonchev–Trinajstić information content (AvgIpc) is 3.27. The molecule has 7 nitrogen and oxygen atoms in total. The molecule has 188 valence electrons. The molecule has 0 amide bonds. The molecule has 0 radical (unpaired) electrons. The van der Waals surface area contributed by atoms with Gasteiger partial charge in [-0.05, 0) is 42.5 Å². The van der Waals surface area contributed by atoms with Crippen molar-refractivity contribution in [1.82, 2.24) is 4.98 Å². The van der Waals surface area contributed by atoms with Gasteiger partial charge in [0.15, 0.2) is 0 Å². The van der Waals surface area contributed by atoms with E-state index in [0.717, 1.165) is 44.1 Å². The first kappa shape index (κ1) is 24.1. The highest BCUT2D eigenvalue weighted by Gasteiger charge is 2.20. The Hall–Kier alpha value is -4.65. The smallest absolute Gasteiger partial charge is 0.497 e. The quantitative estimate of drug-likeness (QED) is 0.167. The number of rotatable bonds is 9. The first-order valence-electron chi connectivity index (χ1n) is 12.0. The Labute approximate surface area is 214 Å². The van der Waals surface area contributed by atoms with Gasteiger partial charge in [-0.3, -0.25) is 0 Å². The van der Waals surface area contributed by atoms with Crippen LogP contribution in [0.5, 0.6) is 23.1 Å². The fourth-order valence-electron chi connectivity index (χ4n) is 4.67. The summed E-state index contributed by atoms with van der Waals surface area (Å²) < 4.78 is 22.3. The van der Waals surface area contributed by atoms with Crippen molar-refractivity contribution in [2.45, 2.75) is 12.8 Å². The predicted octanol–water partition coefficient (Wildman–Crippen LogP) is 7.07. The van der Waals surface area contributed by atoms with Crippen LogP contribution in [0.15, 0.2) is 78.9 Å². The molecule has 37 heavy (non-hydrogen) atoms. The van der Waals surface area contributed by atoms with Crippen LogP contribution in [-0.4, -0.2) is 37.1 Å². The van der Waals surface area contributed by atoms with Crippen molar-refractivity contribution >= 4 is 27.8 Å². The molecule has 4 aromatic carbocycles. The molecule has 0 aliphatic carbocycles. The molecule has 0 fully saturated rings. The van der Waals surface area contributed by atoms with Crippen LogP contribution < -0.4 is 18.9 Å². The number of aryl methyl sites for hydroxylation is 1. The number of hydrogen-bond donors (Lipinski definition) is 2. The number of carbonyl (C=O) groups is 1. The van der Waals surface area contributed by atoms with Crippen LogP contribution in [0, 0.1) is 0 Å². The van der Waals surface area contributed by atoms with Crippen molar-refractivity contribution in [3.8, 4) is 34.3 Å². The zero-order valence-corrected chi connectivity index (χ0v) is 20.6. The lowest BCUT2D eigenvalue weighted by Crippen LogP contribution is -2.06. The van der Waals surface area contributed by atoms with E-state index in [1.807, 2.05) is 66.7 Å². The molecular weight excluding hydrogens is 470 g/mol. The summed E-state index contributed by atoms with van der Waals surface area (Å²) in [5, 5.41) is 12.4. The number of carboxylic acid groups (broad SMARTS) is 1. The van der Waals surface area contributed by atoms with Crippen molar-refractivity contribution in [3.63, 3.8) is 0 Å². The van der Waals surface area contributed by atoms with Crippen LogP contribution in [0.4, 0.5) is 4.79 Å². The Bertz CT molecular complexity index is 1570. The number of aromatic nitrogens is 1. The van der Waals surface area contributed by atoms with E-state index in [0.29, 0.717) is 30.9 Å². The largest absolute Gasteiger partial charge is 0.512 e. The van der Waals surface area contributed by atoms with E-state index >= 15 is 0 Å². The molecule has 5 rings (SSSR count). The Morgan fingerprint density at radius 3 is 2.43 bits per heavy atom. The van der Waals surface area contributed by atoms with Crippen LogP contribution in [0.1, 0.15) is 12.0 Å². The molecule has 7 heteroatoms. The zero-order valence-electron chi connectivity index (χ0n) is 20.6. The maximum Gasteiger partial charge on any atom is 0.512 e. The van der Waals surface area contributed by atoms with Crippen LogP contribution in [0.25, 0.3) is 32.8 Å². The van der Waals surface area contributed by atoms with Gasteiger partial charge in [0.1, 0.15) is 17.2 Å². The lowest BCUT2D eigenvalue weighted by atomic mass is 9.99. The number of aromatic amines is 1. The number of fused-ring (bicyclic) bond motifs is 2. The molecule has 2 N–H and O–H groups in total. The third-order valence-corrected chi connectivity index (χ3v) is 6.37. The molecular formula is C30H27NO6. The normalized spacial score (nSPS) is 11.0. The van der Waals surface area contributed by atoms with Crippen LogP contribution in [-0.2, 0) is 6.42 Å². The third-order valence-electron chi connectivity index (χ3n) is 6.37. The summed E-state index contributed by atoms with van der Waals surface area (Å²) in [4.78, 5) is 14.7. The van der Waals surface area contributed by atoms with Crippen molar-refractivity contribution in [3.05, 3.63) is 84.4 Å². The van der Waals surface area contributed by atoms with Gasteiger partial charge < -0.3 is 29.0 Å². The number of methoxy groups -OCH3 is 2. The van der Waals surface area contributed by atoms with Gasteiger partial charge in [-0.1, -0.05) is 54.6 Å². The lowest BCUT2D eigenvalue weighted by Gasteiger charge is -2.12. The van der Waals surface area contributed by atoms with Gasteiger partial charge in [0.2, 0.25) is 5.88 Å². The van der Waals surface area contributed by atoms with E-state index in [1.165, 1.54) is 0 Å². The monoisotopic (exact) mass is 497 g/mol. The Morgan fingerprint density at radius 1 is 0.838 bits per heavy atom. The fourth-order valence-corrected chi connectivity index (χ4v) is 4.67. The molecule has 1 heterocycles.